The lowest BCUT2D eigenvalue weighted by molar-refractivity contribution is -0.115. The van der Waals surface area contributed by atoms with Crippen LogP contribution in [0.15, 0.2) is 0 Å². The second-order valence-corrected chi connectivity index (χ2v) is 5.20. The summed E-state index contributed by atoms with van der Waals surface area (Å²) in [7, 11) is -3.04. The van der Waals surface area contributed by atoms with Gasteiger partial charge in [-0.25, -0.2) is 8.42 Å². The van der Waals surface area contributed by atoms with Crippen molar-refractivity contribution < 1.29 is 13.2 Å². The molecule has 0 saturated carbocycles. The van der Waals surface area contributed by atoms with Crippen molar-refractivity contribution >= 4 is 31.6 Å². The maximum absolute atomic E-state index is 10.6. The third-order valence-corrected chi connectivity index (χ3v) is 3.94. The molecule has 0 amide bonds. The summed E-state index contributed by atoms with van der Waals surface area (Å²) in [6, 6.07) is 0. The molecule has 9 heavy (non-hydrogen) atoms. The first-order valence-electron chi connectivity index (χ1n) is 2.38. The van der Waals surface area contributed by atoms with Crippen LogP contribution < -0.4 is 0 Å². The highest BCUT2D eigenvalue weighted by Crippen LogP contribution is 2.14. The van der Waals surface area contributed by atoms with Gasteiger partial charge < -0.3 is 0 Å². The summed E-state index contributed by atoms with van der Waals surface area (Å²) >= 11 is 2.95. The maximum Gasteiger partial charge on any atom is 0.162 e. The van der Waals surface area contributed by atoms with E-state index in [4.69, 9.17) is 0 Å². The fraction of sp³-hybridized carbons (Fsp3) is 0.750. The van der Waals surface area contributed by atoms with Gasteiger partial charge >= 0.3 is 0 Å². The lowest BCUT2D eigenvalue weighted by Crippen LogP contribution is -2.08. The van der Waals surface area contributed by atoms with Crippen LogP contribution >= 0.6 is 15.9 Å². The third-order valence-electron chi connectivity index (χ3n) is 1.11. The van der Waals surface area contributed by atoms with Crippen molar-refractivity contribution in [1.29, 1.82) is 0 Å². The fourth-order valence-corrected chi connectivity index (χ4v) is 3.65. The summed E-state index contributed by atoms with van der Waals surface area (Å²) < 4.78 is 21.2. The van der Waals surface area contributed by atoms with Crippen molar-refractivity contribution in [3.05, 3.63) is 0 Å². The van der Waals surface area contributed by atoms with Crippen LogP contribution in [-0.4, -0.2) is 30.5 Å². The van der Waals surface area contributed by atoms with Gasteiger partial charge in [0.25, 0.3) is 0 Å². The first-order valence-corrected chi connectivity index (χ1v) is 5.12. The van der Waals surface area contributed by atoms with Gasteiger partial charge in [-0.2, -0.15) is 0 Å². The highest BCUT2D eigenvalue weighted by atomic mass is 79.9. The van der Waals surface area contributed by atoms with Crippen molar-refractivity contribution in [3.63, 3.8) is 0 Å². The van der Waals surface area contributed by atoms with Gasteiger partial charge in [-0.15, -0.1) is 0 Å². The predicted molar refractivity (Wildman–Crippen MR) is 36.4 cm³/mol. The second-order valence-electron chi connectivity index (χ2n) is 1.99. The smallest absolute Gasteiger partial charge is 0.162 e. The molecule has 1 unspecified atom stereocenters. The van der Waals surface area contributed by atoms with E-state index in [9.17, 15) is 13.2 Å². The van der Waals surface area contributed by atoms with Crippen molar-refractivity contribution in [2.75, 3.05) is 11.5 Å². The van der Waals surface area contributed by atoms with Crippen molar-refractivity contribution in [1.82, 2.24) is 0 Å². The normalized spacial score (nSPS) is 33.0. The molecular weight excluding hydrogens is 208 g/mol. The van der Waals surface area contributed by atoms with Crippen LogP contribution in [0.25, 0.3) is 0 Å². The largest absolute Gasteiger partial charge is 0.297 e. The molecule has 1 rings (SSSR count). The first-order chi connectivity index (χ1) is 4.01. The monoisotopic (exact) mass is 212 g/mol. The maximum atomic E-state index is 10.6. The summed E-state index contributed by atoms with van der Waals surface area (Å²) in [5.41, 5.74) is 0. The van der Waals surface area contributed by atoms with Crippen molar-refractivity contribution in [3.8, 4) is 0 Å². The average Bonchev–Trinajstić information content (AvgIpc) is 1.79. The average molecular weight is 213 g/mol. The summed E-state index contributed by atoms with van der Waals surface area (Å²) in [5, 5.41) is 0. The number of halogens is 1. The Balaban J connectivity index is 2.90. The number of Topliss-reactive ketones (excluding diaryl/α,β-unsaturated/α-hetero) is 1. The van der Waals surface area contributed by atoms with Crippen molar-refractivity contribution in [2.24, 2.45) is 0 Å². The Morgan fingerprint density at radius 2 is 2.11 bits per heavy atom. The summed E-state index contributed by atoms with van der Waals surface area (Å²) in [6.45, 7) is 0. The molecule has 1 fully saturated rings. The molecule has 0 N–H and O–H groups in total. The van der Waals surface area contributed by atoms with Gasteiger partial charge in [-0.05, 0) is 0 Å². The van der Waals surface area contributed by atoms with E-state index in [2.05, 4.69) is 15.9 Å². The van der Waals surface area contributed by atoms with Gasteiger partial charge in [-0.3, -0.25) is 4.79 Å². The van der Waals surface area contributed by atoms with Gasteiger partial charge in [0.2, 0.25) is 0 Å². The molecule has 1 atom stereocenters. The quantitative estimate of drug-likeness (QED) is 0.521. The molecule has 52 valence electrons. The molecule has 1 aliphatic rings. The van der Waals surface area contributed by atoms with E-state index < -0.39 is 14.7 Å². The number of hydrogen-bond acceptors (Lipinski definition) is 3. The molecule has 0 aliphatic carbocycles. The Morgan fingerprint density at radius 1 is 1.56 bits per heavy atom. The van der Waals surface area contributed by atoms with E-state index >= 15 is 0 Å². The van der Waals surface area contributed by atoms with Gasteiger partial charge in [0.05, 0.1) is 10.6 Å². The summed E-state index contributed by atoms with van der Waals surface area (Å²) in [5.74, 6) is -0.552. The van der Waals surface area contributed by atoms with E-state index in [1.165, 1.54) is 0 Å². The zero-order valence-electron chi connectivity index (χ0n) is 4.50. The van der Waals surface area contributed by atoms with E-state index in [0.29, 0.717) is 0 Å². The van der Waals surface area contributed by atoms with E-state index in [0.717, 1.165) is 0 Å². The molecule has 0 bridgehead atoms. The molecule has 1 heterocycles. The van der Waals surface area contributed by atoms with E-state index in [1.54, 1.807) is 0 Å². The molecule has 0 aromatic heterocycles. The van der Waals surface area contributed by atoms with Gasteiger partial charge in [0.15, 0.2) is 15.6 Å². The highest BCUT2D eigenvalue weighted by molar-refractivity contribution is 9.10. The van der Waals surface area contributed by atoms with Crippen LogP contribution in [0.2, 0.25) is 0 Å². The van der Waals surface area contributed by atoms with Crippen molar-refractivity contribution in [2.45, 2.75) is 4.83 Å². The minimum atomic E-state index is -3.04. The molecule has 0 aromatic rings. The van der Waals surface area contributed by atoms with Gasteiger partial charge in [0, 0.05) is 0 Å². The number of alkyl halides is 1. The molecule has 0 spiro atoms. The topological polar surface area (TPSA) is 51.2 Å². The van der Waals surface area contributed by atoms with Crippen LogP contribution in [0, 0.1) is 0 Å². The van der Waals surface area contributed by atoms with E-state index in [1.807, 2.05) is 0 Å². The van der Waals surface area contributed by atoms with Crippen LogP contribution in [0.1, 0.15) is 0 Å². The summed E-state index contributed by atoms with van der Waals surface area (Å²) in [4.78, 5) is 10.1. The Kier molecular flexibility index (Phi) is 1.65. The molecule has 3 nitrogen and oxygen atoms in total. The lowest BCUT2D eigenvalue weighted by atomic mass is 10.4. The Hall–Kier alpha value is 0.1000. The first kappa shape index (κ1) is 7.21. The Labute approximate surface area is 61.5 Å². The summed E-state index contributed by atoms with van der Waals surface area (Å²) in [6.07, 6.45) is 0. The molecular formula is C4H5BrO3S. The zero-order chi connectivity index (χ0) is 7.07. The van der Waals surface area contributed by atoms with E-state index in [-0.39, 0.29) is 17.3 Å². The molecule has 1 aliphatic heterocycles. The standard InChI is InChI=1S/C4H5BrO3S/c5-3-1-9(7,8)2-4(3)6/h3H,1-2H2. The number of hydrogen-bond donors (Lipinski definition) is 0. The molecule has 5 heteroatoms. The second kappa shape index (κ2) is 2.05. The number of sulfone groups is 1. The third kappa shape index (κ3) is 1.52. The number of carbonyl (C=O) groups excluding carboxylic acids is 1. The molecule has 0 aromatic carbocycles. The van der Waals surface area contributed by atoms with Gasteiger partial charge in [-0.1, -0.05) is 15.9 Å². The molecule has 1 saturated heterocycles. The highest BCUT2D eigenvalue weighted by Gasteiger charge is 2.33. The Morgan fingerprint density at radius 3 is 2.22 bits per heavy atom. The SMILES string of the molecule is O=C1CS(=O)(=O)CC1Br. The van der Waals surface area contributed by atoms with Crippen LogP contribution in [0.5, 0.6) is 0 Å². The van der Waals surface area contributed by atoms with Crippen LogP contribution in [0.3, 0.4) is 0 Å². The molecule has 0 radical (unpaired) electrons. The minimum Gasteiger partial charge on any atom is -0.297 e. The number of ketones is 1. The van der Waals surface area contributed by atoms with Crippen LogP contribution in [0.4, 0.5) is 0 Å². The number of rotatable bonds is 0. The van der Waals surface area contributed by atoms with Crippen LogP contribution in [-0.2, 0) is 14.6 Å². The Bertz CT molecular complexity index is 230. The predicted octanol–water partition coefficient (Wildman–Crippen LogP) is -0.253. The minimum absolute atomic E-state index is 0.0359. The fourth-order valence-electron chi connectivity index (χ4n) is 0.682. The number of carbonyl (C=O) groups is 1. The lowest BCUT2D eigenvalue weighted by Gasteiger charge is -1.87. The van der Waals surface area contributed by atoms with Gasteiger partial charge in [0.1, 0.15) is 5.75 Å². The zero-order valence-corrected chi connectivity index (χ0v) is 6.91.